The fourth-order valence-electron chi connectivity index (χ4n) is 6.53. The minimum Gasteiger partial charge on any atom is -0.451 e. The second-order valence-electron chi connectivity index (χ2n) is 11.6. The predicted octanol–water partition coefficient (Wildman–Crippen LogP) is 10.8. The fourth-order valence-corrected chi connectivity index (χ4v) is 6.53. The monoisotopic (exact) mass is 618 g/mol. The van der Waals surface area contributed by atoms with Crippen LogP contribution in [0.5, 0.6) is 0 Å². The maximum Gasteiger partial charge on any atom is 0.181 e. The van der Waals surface area contributed by atoms with Crippen molar-refractivity contribution in [3.63, 3.8) is 0 Å². The van der Waals surface area contributed by atoms with Crippen molar-refractivity contribution in [1.82, 2.24) is 19.9 Å². The highest BCUT2D eigenvalue weighted by molar-refractivity contribution is 6.21. The SMILES string of the molecule is c1ccc(-c2cccc(-c3ccc4c(-c5cccc(-c6cocn6)n5)c5ccccc5c(-c5cccc(-c6cocn6)n5)c4c3)c2)cc1. The van der Waals surface area contributed by atoms with Gasteiger partial charge in [0.25, 0.3) is 0 Å². The van der Waals surface area contributed by atoms with Crippen LogP contribution in [0.1, 0.15) is 0 Å². The van der Waals surface area contributed by atoms with Crippen molar-refractivity contribution < 1.29 is 8.83 Å². The van der Waals surface area contributed by atoms with E-state index in [0.29, 0.717) is 11.4 Å². The first kappa shape index (κ1) is 27.6. The molecule has 0 bridgehead atoms. The average molecular weight is 619 g/mol. The summed E-state index contributed by atoms with van der Waals surface area (Å²) in [6.45, 7) is 0. The van der Waals surface area contributed by atoms with Gasteiger partial charge in [0, 0.05) is 11.1 Å². The van der Waals surface area contributed by atoms with Crippen molar-refractivity contribution >= 4 is 21.5 Å². The number of hydrogen-bond acceptors (Lipinski definition) is 6. The second-order valence-corrected chi connectivity index (χ2v) is 11.6. The Morgan fingerprint density at radius 1 is 0.333 bits per heavy atom. The lowest BCUT2D eigenvalue weighted by Gasteiger charge is -2.18. The Bertz CT molecular complexity index is 2560. The van der Waals surface area contributed by atoms with Crippen molar-refractivity contribution in [2.45, 2.75) is 0 Å². The molecule has 0 aliphatic heterocycles. The third kappa shape index (κ3) is 4.84. The van der Waals surface area contributed by atoms with E-state index in [2.05, 4.69) is 113 Å². The van der Waals surface area contributed by atoms with Crippen LogP contribution in [-0.4, -0.2) is 19.9 Å². The molecule has 226 valence electrons. The molecule has 9 aromatic rings. The van der Waals surface area contributed by atoms with Crippen LogP contribution in [0, 0.1) is 0 Å². The van der Waals surface area contributed by atoms with E-state index in [1.165, 1.54) is 23.9 Å². The molecule has 4 heterocycles. The standard InChI is InChI=1S/C42H26N4O2/c1-2-9-27(10-3-1)28-11-6-12-29(21-28)30-19-20-33-34(22-30)42(38-18-8-16-36(46-38)40-24-48-26-44-40)32-14-5-4-13-31(32)41(33)37-17-7-15-35(45-37)39-23-47-25-43-39/h1-26H. The van der Waals surface area contributed by atoms with Crippen LogP contribution in [0.4, 0.5) is 0 Å². The summed E-state index contributed by atoms with van der Waals surface area (Å²) in [5, 5.41) is 4.31. The first-order chi connectivity index (χ1) is 23.8. The smallest absolute Gasteiger partial charge is 0.181 e. The summed E-state index contributed by atoms with van der Waals surface area (Å²) < 4.78 is 10.6. The molecule has 5 aromatic carbocycles. The minimum atomic E-state index is 0.689. The van der Waals surface area contributed by atoms with Gasteiger partial charge in [0.1, 0.15) is 23.9 Å². The molecule has 0 unspecified atom stereocenters. The number of hydrogen-bond donors (Lipinski definition) is 0. The molecule has 0 aliphatic carbocycles. The zero-order valence-corrected chi connectivity index (χ0v) is 25.6. The molecule has 0 saturated carbocycles. The van der Waals surface area contributed by atoms with Crippen molar-refractivity contribution in [2.75, 3.05) is 0 Å². The maximum atomic E-state index is 5.29. The molecule has 6 heteroatoms. The molecule has 0 saturated heterocycles. The third-order valence-electron chi connectivity index (χ3n) is 8.73. The molecular formula is C42H26N4O2. The van der Waals surface area contributed by atoms with Gasteiger partial charge >= 0.3 is 0 Å². The molecule has 0 spiro atoms. The minimum absolute atomic E-state index is 0.689. The summed E-state index contributed by atoms with van der Waals surface area (Å²) in [6, 6.07) is 46.5. The lowest BCUT2D eigenvalue weighted by atomic mass is 9.87. The number of rotatable bonds is 6. The van der Waals surface area contributed by atoms with E-state index < -0.39 is 0 Å². The van der Waals surface area contributed by atoms with E-state index in [0.717, 1.165) is 66.6 Å². The second kappa shape index (κ2) is 11.6. The van der Waals surface area contributed by atoms with Crippen LogP contribution in [-0.2, 0) is 0 Å². The van der Waals surface area contributed by atoms with Gasteiger partial charge in [-0.2, -0.15) is 0 Å². The Morgan fingerprint density at radius 3 is 1.42 bits per heavy atom. The largest absolute Gasteiger partial charge is 0.451 e. The molecule has 0 amide bonds. The van der Waals surface area contributed by atoms with Crippen LogP contribution < -0.4 is 0 Å². The average Bonchev–Trinajstić information content (AvgIpc) is 3.90. The number of oxazole rings is 2. The van der Waals surface area contributed by atoms with Crippen LogP contribution in [0.3, 0.4) is 0 Å². The van der Waals surface area contributed by atoms with Crippen LogP contribution in [0.25, 0.3) is 89.1 Å². The zero-order valence-electron chi connectivity index (χ0n) is 25.6. The Hall–Kier alpha value is -6.66. The van der Waals surface area contributed by atoms with Crippen molar-refractivity contribution in [3.05, 3.63) is 159 Å². The van der Waals surface area contributed by atoms with Gasteiger partial charge in [-0.3, -0.25) is 0 Å². The summed E-state index contributed by atoms with van der Waals surface area (Å²) in [5.41, 5.74) is 11.3. The summed E-state index contributed by atoms with van der Waals surface area (Å²) in [7, 11) is 0. The van der Waals surface area contributed by atoms with Gasteiger partial charge in [0.2, 0.25) is 0 Å². The molecule has 48 heavy (non-hydrogen) atoms. The van der Waals surface area contributed by atoms with E-state index in [1.807, 2.05) is 30.3 Å². The van der Waals surface area contributed by atoms with Crippen molar-refractivity contribution in [3.8, 4) is 67.5 Å². The number of nitrogens with zero attached hydrogens (tertiary/aromatic N) is 4. The summed E-state index contributed by atoms with van der Waals surface area (Å²) in [6.07, 6.45) is 6.10. The Balaban J connectivity index is 1.33. The van der Waals surface area contributed by atoms with E-state index in [1.54, 1.807) is 12.5 Å². The van der Waals surface area contributed by atoms with Crippen LogP contribution in [0.15, 0.2) is 168 Å². The van der Waals surface area contributed by atoms with E-state index in [-0.39, 0.29) is 0 Å². The van der Waals surface area contributed by atoms with Crippen molar-refractivity contribution in [2.24, 2.45) is 0 Å². The molecule has 0 atom stereocenters. The van der Waals surface area contributed by atoms with Gasteiger partial charge in [-0.25, -0.2) is 19.9 Å². The van der Waals surface area contributed by atoms with E-state index in [9.17, 15) is 0 Å². The van der Waals surface area contributed by atoms with Gasteiger partial charge in [-0.1, -0.05) is 97.1 Å². The summed E-state index contributed by atoms with van der Waals surface area (Å²) >= 11 is 0. The maximum absolute atomic E-state index is 5.29. The number of aromatic nitrogens is 4. The molecule has 4 aromatic heterocycles. The van der Waals surface area contributed by atoms with Crippen molar-refractivity contribution in [1.29, 1.82) is 0 Å². The lowest BCUT2D eigenvalue weighted by Crippen LogP contribution is -1.96. The molecule has 0 fully saturated rings. The quantitative estimate of drug-likeness (QED) is 0.173. The van der Waals surface area contributed by atoms with Crippen LogP contribution >= 0.6 is 0 Å². The predicted molar refractivity (Wildman–Crippen MR) is 190 cm³/mol. The number of fused-ring (bicyclic) bond motifs is 2. The normalized spacial score (nSPS) is 11.3. The summed E-state index contributed by atoms with van der Waals surface area (Å²) in [4.78, 5) is 19.0. The lowest BCUT2D eigenvalue weighted by molar-refractivity contribution is 0.558. The third-order valence-corrected chi connectivity index (χ3v) is 8.73. The zero-order chi connectivity index (χ0) is 31.9. The molecule has 0 N–H and O–H groups in total. The highest BCUT2D eigenvalue weighted by Gasteiger charge is 2.20. The number of pyridine rings is 2. The summed E-state index contributed by atoms with van der Waals surface area (Å²) in [5.74, 6) is 0. The van der Waals surface area contributed by atoms with E-state index >= 15 is 0 Å². The van der Waals surface area contributed by atoms with Gasteiger partial charge in [-0.15, -0.1) is 0 Å². The molecular weight excluding hydrogens is 592 g/mol. The highest BCUT2D eigenvalue weighted by atomic mass is 16.3. The van der Waals surface area contributed by atoms with Gasteiger partial charge in [0.15, 0.2) is 12.8 Å². The number of benzene rings is 5. The first-order valence-corrected chi connectivity index (χ1v) is 15.7. The Morgan fingerprint density at radius 2 is 0.812 bits per heavy atom. The Kier molecular flexibility index (Phi) is 6.68. The molecule has 0 radical (unpaired) electrons. The van der Waals surface area contributed by atoms with Crippen LogP contribution in [0.2, 0.25) is 0 Å². The molecule has 9 rings (SSSR count). The van der Waals surface area contributed by atoms with Gasteiger partial charge in [0.05, 0.1) is 22.8 Å². The molecule has 0 aliphatic rings. The molecule has 6 nitrogen and oxygen atoms in total. The first-order valence-electron chi connectivity index (χ1n) is 15.7. The van der Waals surface area contributed by atoms with Gasteiger partial charge in [-0.05, 0) is 80.2 Å². The fraction of sp³-hybridized carbons (Fsp3) is 0. The van der Waals surface area contributed by atoms with E-state index in [4.69, 9.17) is 18.8 Å². The van der Waals surface area contributed by atoms with Gasteiger partial charge < -0.3 is 8.83 Å². The Labute approximate surface area is 276 Å². The topological polar surface area (TPSA) is 77.8 Å². The highest BCUT2D eigenvalue weighted by Crippen LogP contribution is 2.44.